The zero-order valence-corrected chi connectivity index (χ0v) is 15.5. The number of hydrogen-bond acceptors (Lipinski definition) is 5. The number of nitro groups is 1. The lowest BCUT2D eigenvalue weighted by molar-refractivity contribution is -0.400. The van der Waals surface area contributed by atoms with Gasteiger partial charge in [-0.2, -0.15) is 5.10 Å². The van der Waals surface area contributed by atoms with Crippen LogP contribution in [0.3, 0.4) is 0 Å². The molecular formula is C16H23N3O4Si. The second kappa shape index (κ2) is 7.58. The molecular weight excluding hydrogens is 326 g/mol. The number of fused-ring (bicyclic) bond motifs is 1. The van der Waals surface area contributed by atoms with Gasteiger partial charge in [-0.05, 0) is 18.2 Å². The lowest BCUT2D eigenvalue weighted by Gasteiger charge is -2.15. The van der Waals surface area contributed by atoms with Crippen molar-refractivity contribution in [2.24, 2.45) is 0 Å². The maximum atomic E-state index is 10.6. The monoisotopic (exact) mass is 349 g/mol. The van der Waals surface area contributed by atoms with Crippen molar-refractivity contribution in [2.75, 3.05) is 13.7 Å². The topological polar surface area (TPSA) is 79.4 Å². The van der Waals surface area contributed by atoms with Gasteiger partial charge in [0, 0.05) is 20.8 Å². The van der Waals surface area contributed by atoms with Crippen molar-refractivity contribution < 1.29 is 14.4 Å². The lowest BCUT2D eigenvalue weighted by atomic mass is 10.2. The van der Waals surface area contributed by atoms with Crippen molar-refractivity contribution in [3.05, 3.63) is 40.2 Å². The first kappa shape index (κ1) is 18.1. The Morgan fingerprint density at radius 2 is 2.12 bits per heavy atom. The Labute approximate surface area is 142 Å². The Morgan fingerprint density at radius 3 is 2.75 bits per heavy atom. The molecule has 2 rings (SSSR count). The van der Waals surface area contributed by atoms with Crippen LogP contribution >= 0.6 is 0 Å². The highest BCUT2D eigenvalue weighted by atomic mass is 28.3. The standard InChI is InChI=1S/C16H23N3O4Si/c1-22-15-7-5-6-14-16(15)13(8-9-19(20)21)17-18(14)12-23-10-11-24(2,3)4/h5-9H,10-12H2,1-4H3/b9-8+. The normalized spacial score (nSPS) is 12.2. The van der Waals surface area contributed by atoms with Crippen molar-refractivity contribution >= 4 is 25.1 Å². The van der Waals surface area contributed by atoms with E-state index < -0.39 is 13.0 Å². The highest BCUT2D eigenvalue weighted by Crippen LogP contribution is 2.29. The average molecular weight is 349 g/mol. The third kappa shape index (κ3) is 4.65. The number of hydrogen-bond donors (Lipinski definition) is 0. The van der Waals surface area contributed by atoms with E-state index in [-0.39, 0.29) is 0 Å². The van der Waals surface area contributed by atoms with Crippen LogP contribution in [0.2, 0.25) is 25.7 Å². The Kier molecular flexibility index (Phi) is 5.74. The van der Waals surface area contributed by atoms with E-state index in [1.165, 1.54) is 6.08 Å². The summed E-state index contributed by atoms with van der Waals surface area (Å²) in [7, 11) is 0.422. The minimum absolute atomic E-state index is 0.306. The van der Waals surface area contributed by atoms with Gasteiger partial charge >= 0.3 is 0 Å². The first-order valence-corrected chi connectivity index (χ1v) is 11.5. The molecule has 0 bridgehead atoms. The summed E-state index contributed by atoms with van der Waals surface area (Å²) in [6.45, 7) is 7.88. The molecule has 1 aromatic heterocycles. The van der Waals surface area contributed by atoms with Gasteiger partial charge in [0.1, 0.15) is 18.2 Å². The highest BCUT2D eigenvalue weighted by Gasteiger charge is 2.15. The Bertz CT molecular complexity index is 750. The van der Waals surface area contributed by atoms with E-state index in [0.29, 0.717) is 24.8 Å². The molecule has 0 fully saturated rings. The van der Waals surface area contributed by atoms with Gasteiger partial charge in [0.05, 0.1) is 22.9 Å². The molecule has 1 aromatic carbocycles. The summed E-state index contributed by atoms with van der Waals surface area (Å²) in [5.41, 5.74) is 1.32. The molecule has 0 aliphatic rings. The number of methoxy groups -OCH3 is 1. The van der Waals surface area contributed by atoms with Crippen LogP contribution in [-0.2, 0) is 11.5 Å². The van der Waals surface area contributed by atoms with Gasteiger partial charge in [0.2, 0.25) is 6.20 Å². The molecule has 0 N–H and O–H groups in total. The summed E-state index contributed by atoms with van der Waals surface area (Å²) in [4.78, 5) is 10.1. The van der Waals surface area contributed by atoms with E-state index in [2.05, 4.69) is 24.7 Å². The van der Waals surface area contributed by atoms with Crippen LogP contribution in [0.25, 0.3) is 17.0 Å². The molecule has 0 amide bonds. The summed E-state index contributed by atoms with van der Waals surface area (Å²) >= 11 is 0. The van der Waals surface area contributed by atoms with Crippen molar-refractivity contribution in [3.63, 3.8) is 0 Å². The van der Waals surface area contributed by atoms with Crippen LogP contribution in [0.1, 0.15) is 5.69 Å². The minimum Gasteiger partial charge on any atom is -0.496 e. The van der Waals surface area contributed by atoms with Gasteiger partial charge in [-0.25, -0.2) is 4.68 Å². The largest absolute Gasteiger partial charge is 0.496 e. The van der Waals surface area contributed by atoms with Crippen LogP contribution in [0, 0.1) is 10.1 Å². The Hall–Kier alpha value is -2.19. The molecule has 2 aromatic rings. The third-order valence-corrected chi connectivity index (χ3v) is 5.26. The van der Waals surface area contributed by atoms with E-state index in [4.69, 9.17) is 9.47 Å². The second-order valence-corrected chi connectivity index (χ2v) is 12.3. The van der Waals surface area contributed by atoms with E-state index in [1.807, 2.05) is 18.2 Å². The number of benzene rings is 1. The van der Waals surface area contributed by atoms with E-state index in [1.54, 1.807) is 11.8 Å². The van der Waals surface area contributed by atoms with Crippen molar-refractivity contribution in [1.82, 2.24) is 9.78 Å². The van der Waals surface area contributed by atoms with E-state index >= 15 is 0 Å². The fourth-order valence-corrected chi connectivity index (χ4v) is 3.03. The predicted molar refractivity (Wildman–Crippen MR) is 96.4 cm³/mol. The molecule has 8 heteroatoms. The molecule has 0 aliphatic heterocycles. The van der Waals surface area contributed by atoms with Gasteiger partial charge in [-0.15, -0.1) is 0 Å². The Balaban J connectivity index is 2.28. The van der Waals surface area contributed by atoms with Crippen LogP contribution < -0.4 is 4.74 Å². The molecule has 0 radical (unpaired) electrons. The van der Waals surface area contributed by atoms with E-state index in [0.717, 1.165) is 23.1 Å². The molecule has 0 saturated heterocycles. The number of rotatable bonds is 8. The van der Waals surface area contributed by atoms with Crippen molar-refractivity contribution in [2.45, 2.75) is 32.4 Å². The number of nitrogens with zero attached hydrogens (tertiary/aromatic N) is 3. The maximum absolute atomic E-state index is 10.6. The Morgan fingerprint density at radius 1 is 1.38 bits per heavy atom. The number of ether oxygens (including phenoxy) is 2. The summed E-state index contributed by atoms with van der Waals surface area (Å²) in [6.07, 6.45) is 2.26. The van der Waals surface area contributed by atoms with Crippen LogP contribution in [0.5, 0.6) is 5.75 Å². The third-order valence-electron chi connectivity index (χ3n) is 3.55. The lowest BCUT2D eigenvalue weighted by Crippen LogP contribution is -2.22. The predicted octanol–water partition coefficient (Wildman–Crippen LogP) is 3.60. The van der Waals surface area contributed by atoms with Gasteiger partial charge < -0.3 is 9.47 Å². The first-order chi connectivity index (χ1) is 11.3. The van der Waals surface area contributed by atoms with Crippen LogP contribution in [-0.4, -0.2) is 36.5 Å². The summed E-state index contributed by atoms with van der Waals surface area (Å²) in [5, 5.41) is 15.8. The maximum Gasteiger partial charge on any atom is 0.236 e. The molecule has 130 valence electrons. The molecule has 24 heavy (non-hydrogen) atoms. The second-order valence-electron chi connectivity index (χ2n) is 6.69. The molecule has 0 atom stereocenters. The fraction of sp³-hybridized carbons (Fsp3) is 0.438. The van der Waals surface area contributed by atoms with Crippen LogP contribution in [0.4, 0.5) is 0 Å². The quantitative estimate of drug-likeness (QED) is 0.315. The van der Waals surface area contributed by atoms with Crippen molar-refractivity contribution in [3.8, 4) is 5.75 Å². The smallest absolute Gasteiger partial charge is 0.236 e. The summed E-state index contributed by atoms with van der Waals surface area (Å²) < 4.78 is 12.8. The summed E-state index contributed by atoms with van der Waals surface area (Å²) in [5.74, 6) is 0.629. The first-order valence-electron chi connectivity index (χ1n) is 7.75. The molecule has 0 aliphatic carbocycles. The van der Waals surface area contributed by atoms with Gasteiger partial charge in [-0.3, -0.25) is 10.1 Å². The zero-order valence-electron chi connectivity index (χ0n) is 14.5. The molecule has 0 spiro atoms. The van der Waals surface area contributed by atoms with Gasteiger partial charge in [0.15, 0.2) is 0 Å². The van der Waals surface area contributed by atoms with Crippen molar-refractivity contribution in [1.29, 1.82) is 0 Å². The minimum atomic E-state index is -1.14. The van der Waals surface area contributed by atoms with Crippen LogP contribution in [0.15, 0.2) is 24.4 Å². The van der Waals surface area contributed by atoms with Gasteiger partial charge in [-0.1, -0.05) is 25.7 Å². The molecule has 7 nitrogen and oxygen atoms in total. The van der Waals surface area contributed by atoms with Gasteiger partial charge in [0.25, 0.3) is 0 Å². The summed E-state index contributed by atoms with van der Waals surface area (Å²) in [6, 6.07) is 6.64. The SMILES string of the molecule is COc1cccc2c1c(/C=C/[N+](=O)[O-])nn2COCC[Si](C)(C)C. The fourth-order valence-electron chi connectivity index (χ4n) is 2.27. The zero-order chi connectivity index (χ0) is 17.7. The van der Waals surface area contributed by atoms with E-state index in [9.17, 15) is 10.1 Å². The molecule has 0 unspecified atom stereocenters. The number of aromatic nitrogens is 2. The highest BCUT2D eigenvalue weighted by molar-refractivity contribution is 6.76. The molecule has 0 saturated carbocycles. The molecule has 1 heterocycles. The average Bonchev–Trinajstić information content (AvgIpc) is 2.87.